The number of carbonyl (C=O) groups excluding carboxylic acids is 1. The van der Waals surface area contributed by atoms with E-state index >= 15 is 0 Å². The maximum absolute atomic E-state index is 12.7. The van der Waals surface area contributed by atoms with Gasteiger partial charge in [-0.3, -0.25) is 10.1 Å². The van der Waals surface area contributed by atoms with E-state index in [2.05, 4.69) is 26.2 Å². The van der Waals surface area contributed by atoms with Crippen molar-refractivity contribution in [2.45, 2.75) is 13.8 Å². The number of amides is 1. The van der Waals surface area contributed by atoms with Gasteiger partial charge in [0.2, 0.25) is 0 Å². The molecule has 0 aliphatic rings. The van der Waals surface area contributed by atoms with Crippen molar-refractivity contribution in [3.63, 3.8) is 0 Å². The molecule has 7 heteroatoms. The molecule has 3 rings (SSSR count). The standard InChI is InChI=1S/C18H17BrN2O3S/c1-4-24-12-5-6-14-15(9-12)25-18(20-14)21-17(22)13-8-11(19)7-10(2)16(13)23-3/h5-9H,4H2,1-3H3,(H,20,21,22). The molecular formula is C18H17BrN2O3S. The van der Waals surface area contributed by atoms with Gasteiger partial charge < -0.3 is 9.47 Å². The van der Waals surface area contributed by atoms with Crippen LogP contribution >= 0.6 is 27.3 Å². The highest BCUT2D eigenvalue weighted by Crippen LogP contribution is 2.32. The van der Waals surface area contributed by atoms with E-state index in [0.29, 0.717) is 23.1 Å². The number of rotatable bonds is 5. The molecule has 2 aromatic carbocycles. The molecule has 0 radical (unpaired) electrons. The van der Waals surface area contributed by atoms with E-state index in [1.165, 1.54) is 11.3 Å². The lowest BCUT2D eigenvalue weighted by Gasteiger charge is -2.11. The van der Waals surface area contributed by atoms with Gasteiger partial charge >= 0.3 is 0 Å². The van der Waals surface area contributed by atoms with Crippen LogP contribution in [0.3, 0.4) is 0 Å². The third kappa shape index (κ3) is 3.77. The van der Waals surface area contributed by atoms with Crippen molar-refractivity contribution in [3.8, 4) is 11.5 Å². The molecule has 0 aliphatic heterocycles. The fourth-order valence-electron chi connectivity index (χ4n) is 2.55. The molecule has 0 bridgehead atoms. The lowest BCUT2D eigenvalue weighted by Crippen LogP contribution is -2.13. The minimum absolute atomic E-state index is 0.259. The molecule has 0 spiro atoms. The van der Waals surface area contributed by atoms with Gasteiger partial charge in [-0.05, 0) is 49.7 Å². The third-order valence-electron chi connectivity index (χ3n) is 3.58. The Morgan fingerprint density at radius 2 is 2.12 bits per heavy atom. The average Bonchev–Trinajstić information content (AvgIpc) is 2.96. The Balaban J connectivity index is 1.89. The first kappa shape index (κ1) is 17.7. The smallest absolute Gasteiger partial charge is 0.261 e. The van der Waals surface area contributed by atoms with Crippen molar-refractivity contribution in [2.75, 3.05) is 19.0 Å². The minimum Gasteiger partial charge on any atom is -0.496 e. The van der Waals surface area contributed by atoms with E-state index in [1.54, 1.807) is 13.2 Å². The normalized spacial score (nSPS) is 10.7. The van der Waals surface area contributed by atoms with Crippen LogP contribution in [0, 0.1) is 6.92 Å². The number of benzene rings is 2. The zero-order chi connectivity index (χ0) is 18.0. The van der Waals surface area contributed by atoms with E-state index in [-0.39, 0.29) is 5.91 Å². The Hall–Kier alpha value is -2.12. The number of anilines is 1. The topological polar surface area (TPSA) is 60.5 Å². The minimum atomic E-state index is -0.259. The number of aryl methyl sites for hydroxylation is 1. The molecule has 130 valence electrons. The summed E-state index contributed by atoms with van der Waals surface area (Å²) in [5.74, 6) is 1.09. The first-order valence-electron chi connectivity index (χ1n) is 7.70. The Morgan fingerprint density at radius 3 is 2.84 bits per heavy atom. The van der Waals surface area contributed by atoms with Gasteiger partial charge in [-0.25, -0.2) is 4.98 Å². The molecule has 1 N–H and O–H groups in total. The summed E-state index contributed by atoms with van der Waals surface area (Å²) < 4.78 is 12.7. The number of halogens is 1. The zero-order valence-electron chi connectivity index (χ0n) is 14.1. The van der Waals surface area contributed by atoms with Crippen LogP contribution in [-0.2, 0) is 0 Å². The predicted molar refractivity (Wildman–Crippen MR) is 104 cm³/mol. The van der Waals surface area contributed by atoms with Gasteiger partial charge in [0.05, 0.1) is 29.5 Å². The number of nitrogens with zero attached hydrogens (tertiary/aromatic N) is 1. The highest BCUT2D eigenvalue weighted by atomic mass is 79.9. The molecule has 25 heavy (non-hydrogen) atoms. The maximum atomic E-state index is 12.7. The molecule has 1 amide bonds. The number of fused-ring (bicyclic) bond motifs is 1. The zero-order valence-corrected chi connectivity index (χ0v) is 16.5. The highest BCUT2D eigenvalue weighted by molar-refractivity contribution is 9.10. The van der Waals surface area contributed by atoms with Gasteiger partial charge in [0.1, 0.15) is 11.5 Å². The molecule has 0 atom stereocenters. The van der Waals surface area contributed by atoms with Crippen LogP contribution in [-0.4, -0.2) is 24.6 Å². The van der Waals surface area contributed by atoms with Gasteiger partial charge in [0, 0.05) is 4.47 Å². The number of ether oxygens (including phenoxy) is 2. The molecule has 0 saturated heterocycles. The van der Waals surface area contributed by atoms with Crippen LogP contribution in [0.25, 0.3) is 10.2 Å². The molecule has 0 unspecified atom stereocenters. The van der Waals surface area contributed by atoms with E-state index in [9.17, 15) is 4.79 Å². The summed E-state index contributed by atoms with van der Waals surface area (Å²) in [6.45, 7) is 4.44. The Morgan fingerprint density at radius 1 is 1.32 bits per heavy atom. The van der Waals surface area contributed by atoms with Crippen LogP contribution in [0.1, 0.15) is 22.8 Å². The Labute approximate surface area is 158 Å². The van der Waals surface area contributed by atoms with Gasteiger partial charge in [0.25, 0.3) is 5.91 Å². The second-order valence-electron chi connectivity index (χ2n) is 5.34. The van der Waals surface area contributed by atoms with Crippen LogP contribution in [0.15, 0.2) is 34.8 Å². The van der Waals surface area contributed by atoms with Gasteiger partial charge in [-0.15, -0.1) is 0 Å². The van der Waals surface area contributed by atoms with Gasteiger partial charge in [0.15, 0.2) is 5.13 Å². The van der Waals surface area contributed by atoms with E-state index in [0.717, 1.165) is 26.0 Å². The summed E-state index contributed by atoms with van der Waals surface area (Å²) >= 11 is 4.82. The van der Waals surface area contributed by atoms with Crippen molar-refractivity contribution < 1.29 is 14.3 Å². The fraction of sp³-hybridized carbons (Fsp3) is 0.222. The number of thiazole rings is 1. The predicted octanol–water partition coefficient (Wildman–Crippen LogP) is 5.03. The summed E-state index contributed by atoms with van der Waals surface area (Å²) in [7, 11) is 1.56. The first-order valence-corrected chi connectivity index (χ1v) is 9.31. The molecule has 0 fully saturated rings. The fourth-order valence-corrected chi connectivity index (χ4v) is 4.01. The summed E-state index contributed by atoms with van der Waals surface area (Å²) in [5.41, 5.74) is 2.16. The van der Waals surface area contributed by atoms with E-state index < -0.39 is 0 Å². The van der Waals surface area contributed by atoms with Crippen LogP contribution < -0.4 is 14.8 Å². The van der Waals surface area contributed by atoms with Crippen molar-refractivity contribution >= 4 is 48.5 Å². The largest absolute Gasteiger partial charge is 0.496 e. The highest BCUT2D eigenvalue weighted by Gasteiger charge is 2.17. The molecule has 5 nitrogen and oxygen atoms in total. The van der Waals surface area contributed by atoms with Crippen molar-refractivity contribution in [1.82, 2.24) is 4.98 Å². The number of nitrogens with one attached hydrogen (secondary N) is 1. The van der Waals surface area contributed by atoms with Crippen LogP contribution in [0.4, 0.5) is 5.13 Å². The summed E-state index contributed by atoms with van der Waals surface area (Å²) in [6, 6.07) is 9.33. The summed E-state index contributed by atoms with van der Waals surface area (Å²) in [6.07, 6.45) is 0. The lowest BCUT2D eigenvalue weighted by molar-refractivity contribution is 0.102. The second-order valence-corrected chi connectivity index (χ2v) is 7.29. The van der Waals surface area contributed by atoms with Crippen molar-refractivity contribution in [2.24, 2.45) is 0 Å². The molecule has 0 saturated carbocycles. The number of carbonyl (C=O) groups is 1. The SMILES string of the molecule is CCOc1ccc2nc(NC(=O)c3cc(Br)cc(C)c3OC)sc2c1. The van der Waals surface area contributed by atoms with Crippen molar-refractivity contribution in [3.05, 3.63) is 45.9 Å². The second kappa shape index (κ2) is 7.41. The van der Waals surface area contributed by atoms with Crippen molar-refractivity contribution in [1.29, 1.82) is 0 Å². The monoisotopic (exact) mass is 420 g/mol. The van der Waals surface area contributed by atoms with E-state index in [4.69, 9.17) is 9.47 Å². The molecule has 1 aromatic heterocycles. The van der Waals surface area contributed by atoms with E-state index in [1.807, 2.05) is 38.1 Å². The van der Waals surface area contributed by atoms with Gasteiger partial charge in [-0.2, -0.15) is 0 Å². The Bertz CT molecular complexity index is 939. The number of hydrogen-bond acceptors (Lipinski definition) is 5. The summed E-state index contributed by atoms with van der Waals surface area (Å²) in [5, 5.41) is 3.39. The number of aromatic nitrogens is 1. The van der Waals surface area contributed by atoms with Crippen LogP contribution in [0.2, 0.25) is 0 Å². The maximum Gasteiger partial charge on any atom is 0.261 e. The molecule has 3 aromatic rings. The molecule has 1 heterocycles. The average molecular weight is 421 g/mol. The lowest BCUT2D eigenvalue weighted by atomic mass is 10.1. The number of methoxy groups -OCH3 is 1. The quantitative estimate of drug-likeness (QED) is 0.628. The first-order chi connectivity index (χ1) is 12.0. The van der Waals surface area contributed by atoms with Crippen LogP contribution in [0.5, 0.6) is 11.5 Å². The molecular weight excluding hydrogens is 404 g/mol. The van der Waals surface area contributed by atoms with Gasteiger partial charge in [-0.1, -0.05) is 27.3 Å². The molecule has 0 aliphatic carbocycles. The Kier molecular flexibility index (Phi) is 5.24. The summed E-state index contributed by atoms with van der Waals surface area (Å²) in [4.78, 5) is 17.1. The third-order valence-corrected chi connectivity index (χ3v) is 4.97. The number of hydrogen-bond donors (Lipinski definition) is 1.